The first-order valence-electron chi connectivity index (χ1n) is 10.8. The molecule has 4 N–H and O–H groups in total. The minimum absolute atomic E-state index is 0.0240. The second-order valence-electron chi connectivity index (χ2n) is 7.79. The number of amides is 1. The molecule has 13 nitrogen and oxygen atoms in total. The van der Waals surface area contributed by atoms with E-state index in [1.807, 2.05) is 11.6 Å². The summed E-state index contributed by atoms with van der Waals surface area (Å²) in [5, 5.41) is 19.9. The lowest BCUT2D eigenvalue weighted by molar-refractivity contribution is -0.497. The van der Waals surface area contributed by atoms with E-state index in [9.17, 15) is 21.6 Å². The smallest absolute Gasteiger partial charge is 0.273 e. The van der Waals surface area contributed by atoms with Gasteiger partial charge in [-0.05, 0) is 36.7 Å². The number of sulfonamides is 2. The molecule has 1 amide bonds. The number of ether oxygens (including phenoxy) is 1. The highest BCUT2D eigenvalue weighted by Crippen LogP contribution is 2.40. The van der Waals surface area contributed by atoms with E-state index in [1.54, 1.807) is 0 Å². The van der Waals surface area contributed by atoms with E-state index in [0.29, 0.717) is 42.0 Å². The summed E-state index contributed by atoms with van der Waals surface area (Å²) >= 11 is 0.599. The fourth-order valence-corrected chi connectivity index (χ4v) is 8.45. The summed E-state index contributed by atoms with van der Waals surface area (Å²) in [7, 11) is -6.77. The van der Waals surface area contributed by atoms with Crippen LogP contribution in [-0.2, 0) is 36.2 Å². The number of thiophene rings is 1. The van der Waals surface area contributed by atoms with Gasteiger partial charge in [0.25, 0.3) is 26.0 Å². The van der Waals surface area contributed by atoms with E-state index in [4.69, 9.17) is 15.2 Å². The van der Waals surface area contributed by atoms with Crippen LogP contribution in [0.3, 0.4) is 0 Å². The summed E-state index contributed by atoms with van der Waals surface area (Å²) in [6.45, 7) is 2.97. The van der Waals surface area contributed by atoms with Gasteiger partial charge < -0.3 is 10.1 Å². The van der Waals surface area contributed by atoms with Gasteiger partial charge in [-0.1, -0.05) is 19.1 Å². The van der Waals surface area contributed by atoms with Crippen molar-refractivity contribution in [3.05, 3.63) is 47.0 Å². The summed E-state index contributed by atoms with van der Waals surface area (Å²) in [6, 6.07) is 6.46. The van der Waals surface area contributed by atoms with Gasteiger partial charge in [0.15, 0.2) is 0 Å². The average molecular weight is 565 g/mol. The second-order valence-corrected chi connectivity index (χ2v) is 12.9. The highest BCUT2D eigenvalue weighted by molar-refractivity contribution is 7.94. The standard InChI is InChI=1S/C20H28N4O9S3/c1-3-21-17-12-23(9-4-10-32-2)36(30,31)20-16(17)11-18(34-20)35(28,29)22-19(25)15-7-5-14(6-8-15)13-33-24(26)27/h5-8,11,17,21,26-27H,3-4,9-10,12-13H2,1-2H3,(H,22,25)/t17-/m0/s1. The minimum atomic E-state index is -4.37. The fourth-order valence-electron chi connectivity index (χ4n) is 3.59. The van der Waals surface area contributed by atoms with Gasteiger partial charge in [-0.15, -0.1) is 11.3 Å². The summed E-state index contributed by atoms with van der Waals surface area (Å²) in [5.74, 6) is -0.910. The molecule has 0 bridgehead atoms. The van der Waals surface area contributed by atoms with Crippen LogP contribution in [0.1, 0.15) is 40.9 Å². The molecule has 0 saturated carbocycles. The molecule has 1 aromatic carbocycles. The van der Waals surface area contributed by atoms with Crippen molar-refractivity contribution < 1.29 is 41.6 Å². The zero-order chi connectivity index (χ0) is 26.5. The monoisotopic (exact) mass is 564 g/mol. The first-order chi connectivity index (χ1) is 17.0. The summed E-state index contributed by atoms with van der Waals surface area (Å²) in [4.78, 5) is 17.1. The van der Waals surface area contributed by atoms with Crippen LogP contribution in [0.5, 0.6) is 0 Å². The van der Waals surface area contributed by atoms with Crippen molar-refractivity contribution in [1.29, 1.82) is 0 Å². The molecular formula is C20H28N4O9S3. The fraction of sp³-hybridized carbons (Fsp3) is 0.450. The molecule has 1 aliphatic rings. The predicted octanol–water partition coefficient (Wildman–Crippen LogP) is 1.07. The Kier molecular flexibility index (Phi) is 9.56. The SMILES string of the molecule is CCN[C@H]1CN(CCCOC)S(=O)(=O)c2sc(S(=O)(=O)NC(=O)c3ccc(CON(O)O)cc3)cc21. The maximum atomic E-state index is 13.2. The lowest BCUT2D eigenvalue weighted by atomic mass is 10.1. The molecule has 1 aromatic heterocycles. The Morgan fingerprint density at radius 2 is 1.97 bits per heavy atom. The Bertz CT molecular complexity index is 1260. The van der Waals surface area contributed by atoms with Crippen molar-refractivity contribution in [2.45, 2.75) is 34.4 Å². The number of carbonyl (C=O) groups is 1. The zero-order valence-electron chi connectivity index (χ0n) is 19.6. The number of nitrogens with zero attached hydrogens (tertiary/aromatic N) is 2. The topological polar surface area (TPSA) is 175 Å². The van der Waals surface area contributed by atoms with Crippen molar-refractivity contribution in [1.82, 2.24) is 19.7 Å². The Hall–Kier alpha value is -1.99. The Balaban J connectivity index is 1.83. The minimum Gasteiger partial charge on any atom is -0.385 e. The van der Waals surface area contributed by atoms with Crippen LogP contribution in [0, 0.1) is 0 Å². The van der Waals surface area contributed by atoms with Gasteiger partial charge in [0.2, 0.25) is 0 Å². The van der Waals surface area contributed by atoms with Gasteiger partial charge in [-0.3, -0.25) is 15.2 Å². The van der Waals surface area contributed by atoms with Crippen molar-refractivity contribution in [2.75, 3.05) is 33.4 Å². The molecule has 200 valence electrons. The number of hydrogen-bond donors (Lipinski definition) is 4. The first-order valence-corrected chi connectivity index (χ1v) is 14.6. The van der Waals surface area contributed by atoms with Gasteiger partial charge >= 0.3 is 0 Å². The van der Waals surface area contributed by atoms with Crippen LogP contribution in [0.2, 0.25) is 0 Å². The van der Waals surface area contributed by atoms with Crippen molar-refractivity contribution >= 4 is 37.3 Å². The van der Waals surface area contributed by atoms with Gasteiger partial charge in [0.05, 0.1) is 12.0 Å². The molecule has 0 fully saturated rings. The Morgan fingerprint density at radius 1 is 1.28 bits per heavy atom. The van der Waals surface area contributed by atoms with Crippen LogP contribution in [0.15, 0.2) is 38.8 Å². The molecule has 0 radical (unpaired) electrons. The number of methoxy groups -OCH3 is 1. The normalized spacial score (nSPS) is 17.8. The van der Waals surface area contributed by atoms with Crippen LogP contribution in [-0.4, -0.2) is 76.2 Å². The largest absolute Gasteiger partial charge is 0.385 e. The Labute approximate surface area is 213 Å². The number of rotatable bonds is 12. The number of fused-ring (bicyclic) bond motifs is 1. The molecule has 2 aromatic rings. The number of nitrogens with one attached hydrogen (secondary N) is 2. The highest BCUT2D eigenvalue weighted by Gasteiger charge is 2.40. The van der Waals surface area contributed by atoms with Gasteiger partial charge in [-0.25, -0.2) is 26.4 Å². The maximum absolute atomic E-state index is 13.2. The number of likely N-dealkylation sites (N-methyl/N-ethyl adjacent to an activating group) is 1. The molecule has 36 heavy (non-hydrogen) atoms. The second kappa shape index (κ2) is 12.0. The third-order valence-corrected chi connectivity index (χ3v) is 10.6. The zero-order valence-corrected chi connectivity index (χ0v) is 22.0. The van der Waals surface area contributed by atoms with E-state index in [2.05, 4.69) is 10.2 Å². The molecule has 1 aliphatic heterocycles. The highest BCUT2D eigenvalue weighted by atomic mass is 32.3. The van der Waals surface area contributed by atoms with Gasteiger partial charge in [-0.2, -0.15) is 4.31 Å². The third kappa shape index (κ3) is 6.65. The lowest BCUT2D eigenvalue weighted by Crippen LogP contribution is -2.43. The van der Waals surface area contributed by atoms with E-state index >= 15 is 0 Å². The molecular weight excluding hydrogens is 536 g/mol. The maximum Gasteiger partial charge on any atom is 0.273 e. The predicted molar refractivity (Wildman–Crippen MR) is 127 cm³/mol. The van der Waals surface area contributed by atoms with Crippen molar-refractivity contribution in [3.63, 3.8) is 0 Å². The van der Waals surface area contributed by atoms with E-state index in [-0.39, 0.29) is 33.7 Å². The molecule has 0 spiro atoms. The van der Waals surface area contributed by atoms with E-state index in [0.717, 1.165) is 0 Å². The molecule has 3 rings (SSSR count). The van der Waals surface area contributed by atoms with Crippen LogP contribution in [0.4, 0.5) is 0 Å². The van der Waals surface area contributed by atoms with Crippen molar-refractivity contribution in [2.24, 2.45) is 0 Å². The molecule has 1 atom stereocenters. The Morgan fingerprint density at radius 3 is 2.58 bits per heavy atom. The quantitative estimate of drug-likeness (QED) is 0.214. The average Bonchev–Trinajstić information content (AvgIpc) is 3.29. The third-order valence-electron chi connectivity index (χ3n) is 5.30. The molecule has 16 heteroatoms. The van der Waals surface area contributed by atoms with Crippen LogP contribution < -0.4 is 10.0 Å². The molecule has 0 aliphatic carbocycles. The van der Waals surface area contributed by atoms with Gasteiger partial charge in [0, 0.05) is 44.0 Å². The number of carbonyl (C=O) groups excluding carboxylic acids is 1. The number of hydrogen-bond acceptors (Lipinski definition) is 12. The van der Waals surface area contributed by atoms with Gasteiger partial charge in [0.1, 0.15) is 8.42 Å². The summed E-state index contributed by atoms with van der Waals surface area (Å²) in [6.07, 6.45) is 0.486. The summed E-state index contributed by atoms with van der Waals surface area (Å²) < 4.78 is 60.3. The van der Waals surface area contributed by atoms with Crippen LogP contribution >= 0.6 is 11.3 Å². The lowest BCUT2D eigenvalue weighted by Gasteiger charge is -2.32. The number of benzene rings is 1. The van der Waals surface area contributed by atoms with E-state index in [1.165, 1.54) is 41.7 Å². The molecule has 2 heterocycles. The summed E-state index contributed by atoms with van der Waals surface area (Å²) in [5.41, 5.74) is 0.864. The molecule has 0 unspecified atom stereocenters. The van der Waals surface area contributed by atoms with E-state index < -0.39 is 37.4 Å². The molecule has 0 saturated heterocycles. The first kappa shape index (κ1) is 28.6. The van der Waals surface area contributed by atoms with Crippen LogP contribution in [0.25, 0.3) is 0 Å². The van der Waals surface area contributed by atoms with Crippen molar-refractivity contribution in [3.8, 4) is 0 Å².